The maximum Gasteiger partial charge on any atom is 0.338 e. The summed E-state index contributed by atoms with van der Waals surface area (Å²) in [7, 11) is 0. The lowest BCUT2D eigenvalue weighted by Crippen LogP contribution is -2.06. The number of ether oxygens (including phenoxy) is 1. The van der Waals surface area contributed by atoms with Crippen LogP contribution in [0.3, 0.4) is 0 Å². The third kappa shape index (κ3) is 1.61. The van der Waals surface area contributed by atoms with Crippen LogP contribution in [0.4, 0.5) is 0 Å². The molecule has 0 fully saturated rings. The van der Waals surface area contributed by atoms with Crippen molar-refractivity contribution in [2.75, 3.05) is 6.61 Å². The van der Waals surface area contributed by atoms with Gasteiger partial charge in [-0.25, -0.2) is 9.78 Å². The van der Waals surface area contributed by atoms with Crippen molar-refractivity contribution in [2.45, 2.75) is 6.92 Å². The second-order valence-corrected chi connectivity index (χ2v) is 3.12. The van der Waals surface area contributed by atoms with E-state index in [1.807, 2.05) is 6.07 Å². The summed E-state index contributed by atoms with van der Waals surface area (Å²) in [5, 5.41) is 8.94. The summed E-state index contributed by atoms with van der Waals surface area (Å²) in [6.07, 6.45) is 3.24. The number of esters is 1. The number of hydrogen-bond acceptors (Lipinski definition) is 4. The molecule has 0 N–H and O–H groups in total. The Morgan fingerprint density at radius 2 is 2.44 bits per heavy atom. The molecule has 0 amide bonds. The van der Waals surface area contributed by atoms with Gasteiger partial charge in [-0.1, -0.05) is 0 Å². The van der Waals surface area contributed by atoms with Crippen LogP contribution in [0.2, 0.25) is 0 Å². The third-order valence-corrected chi connectivity index (χ3v) is 2.13. The van der Waals surface area contributed by atoms with Gasteiger partial charge in [-0.3, -0.25) is 4.40 Å². The zero-order valence-electron chi connectivity index (χ0n) is 8.67. The van der Waals surface area contributed by atoms with E-state index in [0.717, 1.165) is 0 Å². The Balaban J connectivity index is 2.56. The fourth-order valence-corrected chi connectivity index (χ4v) is 1.44. The monoisotopic (exact) mass is 215 g/mol. The van der Waals surface area contributed by atoms with Crippen LogP contribution >= 0.6 is 0 Å². The molecule has 0 radical (unpaired) electrons. The summed E-state index contributed by atoms with van der Waals surface area (Å²) in [5.41, 5.74) is 1.26. The van der Waals surface area contributed by atoms with Crippen LogP contribution in [0, 0.1) is 11.3 Å². The summed E-state index contributed by atoms with van der Waals surface area (Å²) in [5.74, 6) is -0.440. The van der Waals surface area contributed by atoms with Gasteiger partial charge in [0.25, 0.3) is 0 Å². The minimum absolute atomic E-state index is 0.306. The van der Waals surface area contributed by atoms with Crippen LogP contribution in [0.25, 0.3) is 5.65 Å². The van der Waals surface area contributed by atoms with E-state index in [4.69, 9.17) is 10.00 Å². The maximum absolute atomic E-state index is 11.5. The van der Waals surface area contributed by atoms with E-state index in [-0.39, 0.29) is 0 Å². The Hall–Kier alpha value is -2.35. The lowest BCUT2D eigenvalue weighted by Gasteiger charge is -2.03. The van der Waals surface area contributed by atoms with Crippen molar-refractivity contribution >= 4 is 11.6 Å². The average molecular weight is 215 g/mol. The topological polar surface area (TPSA) is 67.4 Å². The van der Waals surface area contributed by atoms with Crippen molar-refractivity contribution in [3.05, 3.63) is 35.8 Å². The van der Waals surface area contributed by atoms with Gasteiger partial charge in [-0.05, 0) is 19.1 Å². The van der Waals surface area contributed by atoms with Gasteiger partial charge >= 0.3 is 5.97 Å². The Kier molecular flexibility index (Phi) is 2.56. The molecule has 0 aliphatic rings. The van der Waals surface area contributed by atoms with E-state index >= 15 is 0 Å². The molecule has 16 heavy (non-hydrogen) atoms. The second kappa shape index (κ2) is 4.03. The number of carbonyl (C=O) groups is 1. The van der Waals surface area contributed by atoms with Gasteiger partial charge < -0.3 is 4.74 Å². The van der Waals surface area contributed by atoms with E-state index in [0.29, 0.717) is 23.5 Å². The smallest absolute Gasteiger partial charge is 0.338 e. The first-order valence-electron chi connectivity index (χ1n) is 4.80. The molecule has 0 aliphatic carbocycles. The summed E-state index contributed by atoms with van der Waals surface area (Å²) < 4.78 is 6.48. The molecule has 0 saturated heterocycles. The van der Waals surface area contributed by atoms with Gasteiger partial charge in [0.05, 0.1) is 12.2 Å². The Bertz CT molecular complexity index is 580. The highest BCUT2D eigenvalue weighted by atomic mass is 16.5. The number of fused-ring (bicyclic) bond motifs is 1. The molecule has 2 heterocycles. The van der Waals surface area contributed by atoms with Gasteiger partial charge in [0.1, 0.15) is 17.4 Å². The zero-order valence-corrected chi connectivity index (χ0v) is 8.67. The van der Waals surface area contributed by atoms with Crippen LogP contribution in [0.5, 0.6) is 0 Å². The number of pyridine rings is 1. The van der Waals surface area contributed by atoms with Crippen LogP contribution < -0.4 is 0 Å². The first kappa shape index (κ1) is 10.2. The maximum atomic E-state index is 11.5. The van der Waals surface area contributed by atoms with Crippen LogP contribution in [-0.2, 0) is 4.74 Å². The van der Waals surface area contributed by atoms with Crippen molar-refractivity contribution in [1.29, 1.82) is 5.26 Å². The fraction of sp³-hybridized carbons (Fsp3) is 0.182. The third-order valence-electron chi connectivity index (χ3n) is 2.13. The van der Waals surface area contributed by atoms with E-state index in [1.54, 1.807) is 29.8 Å². The molecule has 2 aromatic rings. The number of rotatable bonds is 2. The number of hydrogen-bond donors (Lipinski definition) is 0. The van der Waals surface area contributed by atoms with Gasteiger partial charge in [-0.15, -0.1) is 0 Å². The van der Waals surface area contributed by atoms with Crippen LogP contribution in [-0.4, -0.2) is 22.0 Å². The molecule has 80 valence electrons. The predicted molar refractivity (Wildman–Crippen MR) is 55.9 cm³/mol. The predicted octanol–water partition coefficient (Wildman–Crippen LogP) is 1.38. The molecule has 0 unspecified atom stereocenters. The number of nitriles is 1. The average Bonchev–Trinajstić information content (AvgIpc) is 2.75. The number of nitrogens with zero attached hydrogens (tertiary/aromatic N) is 3. The Morgan fingerprint density at radius 3 is 3.12 bits per heavy atom. The molecule has 2 aromatic heterocycles. The standard InChI is InChI=1S/C11H9N3O2/c1-2-16-11(15)8-5-9(7-12)14-4-3-13-10(14)6-8/h3-6H,2H2,1H3. The summed E-state index contributed by atoms with van der Waals surface area (Å²) >= 11 is 0. The van der Waals surface area contributed by atoms with Gasteiger partial charge in [0.2, 0.25) is 0 Å². The molecule has 0 bridgehead atoms. The molecule has 2 rings (SSSR count). The zero-order chi connectivity index (χ0) is 11.5. The second-order valence-electron chi connectivity index (χ2n) is 3.12. The minimum atomic E-state index is -0.440. The van der Waals surface area contributed by atoms with E-state index in [1.165, 1.54) is 6.07 Å². The Labute approximate surface area is 91.9 Å². The number of aromatic nitrogens is 2. The number of carbonyl (C=O) groups excluding carboxylic acids is 1. The van der Waals surface area contributed by atoms with E-state index in [2.05, 4.69) is 4.98 Å². The van der Waals surface area contributed by atoms with E-state index < -0.39 is 5.97 Å². The highest BCUT2D eigenvalue weighted by Gasteiger charge is 2.11. The molecule has 5 heteroatoms. The van der Waals surface area contributed by atoms with Gasteiger partial charge in [0.15, 0.2) is 0 Å². The molecular weight excluding hydrogens is 206 g/mol. The molecule has 0 atom stereocenters. The summed E-state index contributed by atoms with van der Waals surface area (Å²) in [6.45, 7) is 2.04. The minimum Gasteiger partial charge on any atom is -0.462 e. The SMILES string of the molecule is CCOC(=O)c1cc(C#N)n2ccnc2c1. The molecule has 0 aliphatic heterocycles. The highest BCUT2D eigenvalue weighted by molar-refractivity contribution is 5.90. The first-order valence-corrected chi connectivity index (χ1v) is 4.80. The number of imidazole rings is 1. The van der Waals surface area contributed by atoms with Crippen molar-refractivity contribution in [1.82, 2.24) is 9.38 Å². The van der Waals surface area contributed by atoms with Crippen LogP contribution in [0.15, 0.2) is 24.5 Å². The highest BCUT2D eigenvalue weighted by Crippen LogP contribution is 2.11. The molecule has 5 nitrogen and oxygen atoms in total. The first-order chi connectivity index (χ1) is 7.76. The van der Waals surface area contributed by atoms with Crippen molar-refractivity contribution < 1.29 is 9.53 Å². The van der Waals surface area contributed by atoms with Crippen LogP contribution in [0.1, 0.15) is 23.0 Å². The molecule has 0 spiro atoms. The molecule has 0 aromatic carbocycles. The van der Waals surface area contributed by atoms with Crippen molar-refractivity contribution in [3.63, 3.8) is 0 Å². The molecular formula is C11H9N3O2. The lowest BCUT2D eigenvalue weighted by atomic mass is 10.2. The van der Waals surface area contributed by atoms with E-state index in [9.17, 15) is 4.79 Å². The van der Waals surface area contributed by atoms with Crippen molar-refractivity contribution in [2.24, 2.45) is 0 Å². The largest absolute Gasteiger partial charge is 0.462 e. The quantitative estimate of drug-likeness (QED) is 0.710. The van der Waals surface area contributed by atoms with Gasteiger partial charge in [0, 0.05) is 12.4 Å². The normalized spacial score (nSPS) is 10.0. The molecule has 0 saturated carbocycles. The lowest BCUT2D eigenvalue weighted by molar-refractivity contribution is 0.0526. The Morgan fingerprint density at radius 1 is 1.62 bits per heavy atom. The van der Waals surface area contributed by atoms with Gasteiger partial charge in [-0.2, -0.15) is 5.26 Å². The summed E-state index contributed by atoms with van der Waals surface area (Å²) in [6, 6.07) is 5.10. The van der Waals surface area contributed by atoms with Crippen molar-refractivity contribution in [3.8, 4) is 6.07 Å². The summed E-state index contributed by atoms with van der Waals surface area (Å²) in [4.78, 5) is 15.5. The fourth-order valence-electron chi connectivity index (χ4n) is 1.44.